The van der Waals surface area contributed by atoms with Gasteiger partial charge in [0.1, 0.15) is 5.69 Å². The summed E-state index contributed by atoms with van der Waals surface area (Å²) in [4.78, 5) is 24.4. The van der Waals surface area contributed by atoms with E-state index >= 15 is 0 Å². The highest BCUT2D eigenvalue weighted by atomic mass is 16.7. The van der Waals surface area contributed by atoms with Crippen molar-refractivity contribution < 1.29 is 19.2 Å². The highest BCUT2D eigenvalue weighted by Crippen LogP contribution is 2.34. The van der Waals surface area contributed by atoms with Crippen LogP contribution in [-0.2, 0) is 9.47 Å². The highest BCUT2D eigenvalue weighted by Gasteiger charge is 2.33. The first kappa shape index (κ1) is 15.9. The van der Waals surface area contributed by atoms with E-state index in [9.17, 15) is 14.9 Å². The molecule has 3 rings (SSSR count). The van der Waals surface area contributed by atoms with Gasteiger partial charge in [-0.2, -0.15) is 0 Å². The van der Waals surface area contributed by atoms with E-state index in [-0.39, 0.29) is 23.7 Å². The molecule has 2 aliphatic rings. The van der Waals surface area contributed by atoms with Crippen molar-refractivity contribution in [2.24, 2.45) is 5.92 Å². The number of carbonyl (C=O) groups excluding carboxylic acids is 1. The van der Waals surface area contributed by atoms with Crippen LogP contribution >= 0.6 is 0 Å². The molecule has 0 radical (unpaired) electrons. The summed E-state index contributed by atoms with van der Waals surface area (Å²) in [6.07, 6.45) is 1.70. The minimum Gasteiger partial charge on any atom is -0.366 e. The zero-order valence-corrected chi connectivity index (χ0v) is 13.1. The van der Waals surface area contributed by atoms with Crippen LogP contribution in [0, 0.1) is 16.0 Å². The normalized spacial score (nSPS) is 22.3. The van der Waals surface area contributed by atoms with Crippen molar-refractivity contribution in [2.75, 3.05) is 31.2 Å². The molecule has 2 heterocycles. The lowest BCUT2D eigenvalue weighted by Crippen LogP contribution is -2.41. The van der Waals surface area contributed by atoms with E-state index in [1.807, 2.05) is 4.90 Å². The number of Topliss-reactive ketones (excluding diaryl/α,β-unsaturated/α-hetero) is 1. The number of hydrogen-bond acceptors (Lipinski definition) is 6. The first-order valence-corrected chi connectivity index (χ1v) is 7.84. The van der Waals surface area contributed by atoms with E-state index in [2.05, 4.69) is 0 Å². The average Bonchev–Trinajstić information content (AvgIpc) is 3.09. The molecule has 23 heavy (non-hydrogen) atoms. The first-order valence-electron chi connectivity index (χ1n) is 7.84. The lowest BCUT2D eigenvalue weighted by Gasteiger charge is -2.35. The van der Waals surface area contributed by atoms with Gasteiger partial charge in [-0.3, -0.25) is 14.9 Å². The maximum atomic E-state index is 11.5. The Morgan fingerprint density at radius 2 is 2.09 bits per heavy atom. The van der Waals surface area contributed by atoms with Gasteiger partial charge >= 0.3 is 0 Å². The van der Waals surface area contributed by atoms with E-state index < -0.39 is 4.92 Å². The predicted octanol–water partition coefficient (Wildman–Crippen LogP) is 2.39. The molecule has 0 amide bonds. The molecule has 0 unspecified atom stereocenters. The predicted molar refractivity (Wildman–Crippen MR) is 83.7 cm³/mol. The lowest BCUT2D eigenvalue weighted by atomic mass is 9.96. The van der Waals surface area contributed by atoms with Gasteiger partial charge in [0, 0.05) is 30.6 Å². The van der Waals surface area contributed by atoms with Gasteiger partial charge < -0.3 is 14.4 Å². The van der Waals surface area contributed by atoms with Crippen LogP contribution in [0.3, 0.4) is 0 Å². The third kappa shape index (κ3) is 3.35. The number of carbonyl (C=O) groups is 1. The second-order valence-corrected chi connectivity index (χ2v) is 5.98. The number of nitro benzene ring substituents is 1. The van der Waals surface area contributed by atoms with Crippen molar-refractivity contribution >= 4 is 17.2 Å². The molecule has 0 saturated carbocycles. The van der Waals surface area contributed by atoms with E-state index in [0.29, 0.717) is 31.0 Å². The second kappa shape index (κ2) is 6.64. The summed E-state index contributed by atoms with van der Waals surface area (Å²) in [5.74, 6) is 0.0299. The van der Waals surface area contributed by atoms with Crippen molar-refractivity contribution in [3.63, 3.8) is 0 Å². The van der Waals surface area contributed by atoms with Gasteiger partial charge in [-0.05, 0) is 31.9 Å². The minimum absolute atomic E-state index is 0.0217. The van der Waals surface area contributed by atoms with E-state index in [0.717, 1.165) is 19.4 Å². The van der Waals surface area contributed by atoms with Crippen LogP contribution in [0.5, 0.6) is 0 Å². The zero-order chi connectivity index (χ0) is 16.4. The number of hydrogen-bond donors (Lipinski definition) is 0. The monoisotopic (exact) mass is 320 g/mol. The fourth-order valence-corrected chi connectivity index (χ4v) is 3.26. The number of rotatable bonds is 4. The molecule has 2 fully saturated rings. The molecule has 0 aromatic heterocycles. The molecule has 7 nitrogen and oxygen atoms in total. The second-order valence-electron chi connectivity index (χ2n) is 5.98. The van der Waals surface area contributed by atoms with Crippen LogP contribution < -0.4 is 4.90 Å². The number of benzene rings is 1. The Kier molecular flexibility index (Phi) is 4.58. The first-order chi connectivity index (χ1) is 11.1. The van der Waals surface area contributed by atoms with E-state index in [1.54, 1.807) is 12.1 Å². The molecule has 1 aromatic carbocycles. The quantitative estimate of drug-likeness (QED) is 0.481. The number of anilines is 1. The van der Waals surface area contributed by atoms with Crippen LogP contribution in [0.1, 0.15) is 30.1 Å². The molecule has 124 valence electrons. The fourth-order valence-electron chi connectivity index (χ4n) is 3.26. The smallest absolute Gasteiger partial charge is 0.293 e. The van der Waals surface area contributed by atoms with Gasteiger partial charge in [0.05, 0.1) is 18.1 Å². The summed E-state index contributed by atoms with van der Waals surface area (Å²) in [6.45, 7) is 4.03. The number of nitro groups is 1. The van der Waals surface area contributed by atoms with Gasteiger partial charge in [0.15, 0.2) is 12.1 Å². The Balaban J connectivity index is 1.84. The molecule has 1 aromatic rings. The third-order valence-electron chi connectivity index (χ3n) is 4.41. The molecule has 2 saturated heterocycles. The van der Waals surface area contributed by atoms with E-state index in [4.69, 9.17) is 9.47 Å². The number of ether oxygens (including phenoxy) is 2. The van der Waals surface area contributed by atoms with Gasteiger partial charge in [-0.25, -0.2) is 0 Å². The zero-order valence-electron chi connectivity index (χ0n) is 13.1. The Labute approximate surface area is 134 Å². The number of ketones is 1. The van der Waals surface area contributed by atoms with E-state index in [1.165, 1.54) is 13.0 Å². The molecule has 0 spiro atoms. The molecule has 0 aliphatic carbocycles. The Hall–Kier alpha value is -1.99. The minimum atomic E-state index is -0.423. The largest absolute Gasteiger partial charge is 0.366 e. The van der Waals surface area contributed by atoms with Crippen LogP contribution in [0.15, 0.2) is 18.2 Å². The topological polar surface area (TPSA) is 81.9 Å². The van der Waals surface area contributed by atoms with Gasteiger partial charge in [-0.15, -0.1) is 0 Å². The standard InChI is InChI=1S/C16H20N2O5/c1-11(19)12-4-5-14(15(9-12)18(20)21)17-6-2-3-13(10-17)16-22-7-8-23-16/h4-5,9,13,16H,2-3,6-8,10H2,1H3/t13-/m0/s1. The van der Waals surface area contributed by atoms with Crippen LogP contribution in [0.2, 0.25) is 0 Å². The highest BCUT2D eigenvalue weighted by molar-refractivity contribution is 5.95. The van der Waals surface area contributed by atoms with Crippen molar-refractivity contribution in [3.8, 4) is 0 Å². The van der Waals surface area contributed by atoms with Gasteiger partial charge in [0.25, 0.3) is 5.69 Å². The summed E-state index contributed by atoms with van der Waals surface area (Å²) in [7, 11) is 0. The van der Waals surface area contributed by atoms with Crippen LogP contribution in [0.25, 0.3) is 0 Å². The molecule has 0 N–H and O–H groups in total. The molecule has 2 aliphatic heterocycles. The Morgan fingerprint density at radius 3 is 2.74 bits per heavy atom. The maximum absolute atomic E-state index is 11.5. The van der Waals surface area contributed by atoms with Crippen LogP contribution in [-0.4, -0.2) is 43.3 Å². The van der Waals surface area contributed by atoms with Gasteiger partial charge in [0.2, 0.25) is 0 Å². The summed E-state index contributed by atoms with van der Waals surface area (Å²) in [6, 6.07) is 4.69. The molecular formula is C16H20N2O5. The van der Waals surface area contributed by atoms with Crippen molar-refractivity contribution in [3.05, 3.63) is 33.9 Å². The van der Waals surface area contributed by atoms with Crippen LogP contribution in [0.4, 0.5) is 11.4 Å². The Morgan fingerprint density at radius 1 is 1.35 bits per heavy atom. The van der Waals surface area contributed by atoms with Crippen molar-refractivity contribution in [1.82, 2.24) is 0 Å². The molecule has 1 atom stereocenters. The van der Waals surface area contributed by atoms with Crippen molar-refractivity contribution in [2.45, 2.75) is 26.1 Å². The summed E-state index contributed by atoms with van der Waals surface area (Å²) in [5, 5.41) is 11.4. The maximum Gasteiger partial charge on any atom is 0.293 e. The number of piperidine rings is 1. The molecule has 7 heteroatoms. The number of nitrogens with zero attached hydrogens (tertiary/aromatic N) is 2. The fraction of sp³-hybridized carbons (Fsp3) is 0.562. The molecular weight excluding hydrogens is 300 g/mol. The third-order valence-corrected chi connectivity index (χ3v) is 4.41. The average molecular weight is 320 g/mol. The molecule has 0 bridgehead atoms. The van der Waals surface area contributed by atoms with Gasteiger partial charge in [-0.1, -0.05) is 0 Å². The SMILES string of the molecule is CC(=O)c1ccc(N2CCC[C@H](C3OCCO3)C2)c([N+](=O)[O-])c1. The summed E-state index contributed by atoms with van der Waals surface area (Å²) < 4.78 is 11.2. The summed E-state index contributed by atoms with van der Waals surface area (Å²) in [5.41, 5.74) is 0.894. The van der Waals surface area contributed by atoms with Crippen molar-refractivity contribution in [1.29, 1.82) is 0 Å². The lowest BCUT2D eigenvalue weighted by molar-refractivity contribution is -0.384. The Bertz CT molecular complexity index is 612. The summed E-state index contributed by atoms with van der Waals surface area (Å²) >= 11 is 0.